The summed E-state index contributed by atoms with van der Waals surface area (Å²) in [6.07, 6.45) is -4.78. The van der Waals surface area contributed by atoms with E-state index in [2.05, 4.69) is 15.3 Å². The van der Waals surface area contributed by atoms with E-state index < -0.39 is 29.0 Å². The topological polar surface area (TPSA) is 98.3 Å². The molecule has 9 heteroatoms. The lowest BCUT2D eigenvalue weighted by molar-refractivity contribution is -0.138. The molecular weight excluding hydrogens is 289 g/mol. The molecule has 21 heavy (non-hydrogen) atoms. The van der Waals surface area contributed by atoms with E-state index in [0.29, 0.717) is 6.07 Å². The van der Waals surface area contributed by atoms with Crippen LogP contribution in [0.15, 0.2) is 23.3 Å². The molecule has 0 aliphatic rings. The monoisotopic (exact) mass is 296 g/mol. The second-order valence-corrected chi connectivity index (χ2v) is 3.55. The van der Waals surface area contributed by atoms with Gasteiger partial charge in [0.1, 0.15) is 12.1 Å². The van der Waals surface area contributed by atoms with Gasteiger partial charge in [0.25, 0.3) is 0 Å². The summed E-state index contributed by atoms with van der Waals surface area (Å²) >= 11 is 0. The summed E-state index contributed by atoms with van der Waals surface area (Å²) < 4.78 is 42.9. The number of methoxy groups -OCH3 is 1. The van der Waals surface area contributed by atoms with Crippen LogP contribution in [0.3, 0.4) is 0 Å². The van der Waals surface area contributed by atoms with E-state index >= 15 is 0 Å². The maximum absolute atomic E-state index is 12.9. The quantitative estimate of drug-likeness (QED) is 0.524. The molecule has 108 valence electrons. The van der Waals surface area contributed by atoms with E-state index in [0.717, 1.165) is 19.2 Å². The Kier molecular flexibility index (Phi) is 4.86. The van der Waals surface area contributed by atoms with Gasteiger partial charge in [0, 0.05) is 0 Å². The van der Waals surface area contributed by atoms with Gasteiger partial charge in [-0.1, -0.05) is 0 Å². The predicted octanol–water partition coefficient (Wildman–Crippen LogP) is 2.31. The number of ether oxygens (including phenoxy) is 1. The molecule has 1 N–H and O–H groups in total. The Labute approximate surface area is 117 Å². The number of hydrazone groups is 1. The molecule has 0 unspecified atom stereocenters. The highest BCUT2D eigenvalue weighted by atomic mass is 19.4. The summed E-state index contributed by atoms with van der Waals surface area (Å²) in [6.45, 7) is 0. The highest BCUT2D eigenvalue weighted by Gasteiger charge is 2.35. The maximum Gasteiger partial charge on any atom is 0.417 e. The number of hydrogen-bond donors (Lipinski definition) is 1. The van der Waals surface area contributed by atoms with Gasteiger partial charge in [-0.2, -0.15) is 28.8 Å². The van der Waals surface area contributed by atoms with Crippen LogP contribution in [0.25, 0.3) is 0 Å². The molecule has 0 saturated carbocycles. The maximum atomic E-state index is 12.9. The first-order valence-electron chi connectivity index (χ1n) is 5.27. The first kappa shape index (κ1) is 16.0. The molecule has 0 heterocycles. The molecule has 1 rings (SSSR count). The molecule has 0 amide bonds. The number of nitrogens with zero attached hydrogens (tertiary/aromatic N) is 3. The number of halogens is 3. The molecule has 0 aliphatic heterocycles. The number of nitriles is 2. The second kappa shape index (κ2) is 6.39. The molecule has 0 aromatic heterocycles. The molecule has 0 fully saturated rings. The van der Waals surface area contributed by atoms with Crippen molar-refractivity contribution in [2.75, 3.05) is 12.5 Å². The van der Waals surface area contributed by atoms with Gasteiger partial charge >= 0.3 is 12.1 Å². The SMILES string of the molecule is COC(=O)c1ccc(NN=C(C#N)C#N)cc1C(F)(F)F. The second-order valence-electron chi connectivity index (χ2n) is 3.55. The van der Waals surface area contributed by atoms with Gasteiger partial charge in [0.15, 0.2) is 0 Å². The lowest BCUT2D eigenvalue weighted by Crippen LogP contribution is -2.14. The van der Waals surface area contributed by atoms with Crippen LogP contribution < -0.4 is 5.43 Å². The third kappa shape index (κ3) is 3.94. The minimum Gasteiger partial charge on any atom is -0.465 e. The number of hydrogen-bond acceptors (Lipinski definition) is 6. The number of carbonyl (C=O) groups is 1. The fourth-order valence-corrected chi connectivity index (χ4v) is 1.33. The average molecular weight is 296 g/mol. The van der Waals surface area contributed by atoms with Gasteiger partial charge in [-0.25, -0.2) is 4.79 Å². The van der Waals surface area contributed by atoms with Gasteiger partial charge in [-0.15, -0.1) is 0 Å². The van der Waals surface area contributed by atoms with Crippen molar-refractivity contribution in [2.24, 2.45) is 5.10 Å². The average Bonchev–Trinajstić information content (AvgIpc) is 2.46. The lowest BCUT2D eigenvalue weighted by atomic mass is 10.1. The molecule has 0 atom stereocenters. The summed E-state index contributed by atoms with van der Waals surface area (Å²) in [5.74, 6) is -1.13. The van der Waals surface area contributed by atoms with Crippen LogP contribution in [0, 0.1) is 22.7 Å². The van der Waals surface area contributed by atoms with Gasteiger partial charge in [-0.3, -0.25) is 5.43 Å². The molecule has 0 spiro atoms. The smallest absolute Gasteiger partial charge is 0.417 e. The molecule has 0 aliphatic carbocycles. The number of esters is 1. The van der Waals surface area contributed by atoms with Crippen molar-refractivity contribution in [3.8, 4) is 12.1 Å². The van der Waals surface area contributed by atoms with Crippen LogP contribution in [-0.4, -0.2) is 18.8 Å². The lowest BCUT2D eigenvalue weighted by Gasteiger charge is -2.12. The van der Waals surface area contributed by atoms with Crippen LogP contribution in [0.4, 0.5) is 18.9 Å². The normalized spacial score (nSPS) is 10.0. The van der Waals surface area contributed by atoms with Crippen LogP contribution in [0.1, 0.15) is 15.9 Å². The summed E-state index contributed by atoms with van der Waals surface area (Å²) in [5, 5.41) is 20.2. The van der Waals surface area contributed by atoms with Crippen molar-refractivity contribution < 1.29 is 22.7 Å². The van der Waals surface area contributed by atoms with Gasteiger partial charge in [-0.05, 0) is 18.2 Å². The van der Waals surface area contributed by atoms with E-state index in [1.165, 1.54) is 12.1 Å². The largest absolute Gasteiger partial charge is 0.465 e. The summed E-state index contributed by atoms with van der Waals surface area (Å²) in [7, 11) is 0.963. The molecule has 0 radical (unpaired) electrons. The van der Waals surface area contributed by atoms with Crippen molar-refractivity contribution in [3.05, 3.63) is 29.3 Å². The Hall–Kier alpha value is -3.07. The number of benzene rings is 1. The fourth-order valence-electron chi connectivity index (χ4n) is 1.33. The zero-order valence-corrected chi connectivity index (χ0v) is 10.5. The standard InChI is InChI=1S/C12H7F3N4O2/c1-21-11(20)9-3-2-7(4-10(9)12(13,14)15)18-19-8(5-16)6-17/h2-4,18H,1H3. The Morgan fingerprint density at radius 3 is 2.43 bits per heavy atom. The number of nitrogens with one attached hydrogen (secondary N) is 1. The zero-order valence-electron chi connectivity index (χ0n) is 10.5. The first-order chi connectivity index (χ1) is 9.83. The van der Waals surface area contributed by atoms with E-state index in [-0.39, 0.29) is 5.69 Å². The van der Waals surface area contributed by atoms with Gasteiger partial charge < -0.3 is 4.74 Å². The number of alkyl halides is 3. The predicted molar refractivity (Wildman–Crippen MR) is 65.1 cm³/mol. The summed E-state index contributed by atoms with van der Waals surface area (Å²) in [4.78, 5) is 11.3. The van der Waals surface area contributed by atoms with Gasteiger partial charge in [0.05, 0.1) is 23.9 Å². The third-order valence-corrected chi connectivity index (χ3v) is 2.24. The molecule has 6 nitrogen and oxygen atoms in total. The van der Waals surface area contributed by atoms with Crippen molar-refractivity contribution in [1.29, 1.82) is 10.5 Å². The molecular formula is C12H7F3N4O2. The highest BCUT2D eigenvalue weighted by molar-refractivity contribution is 6.10. The van der Waals surface area contributed by atoms with Crippen LogP contribution in [0.2, 0.25) is 0 Å². The number of anilines is 1. The van der Waals surface area contributed by atoms with E-state index in [1.54, 1.807) is 0 Å². The van der Waals surface area contributed by atoms with Crippen molar-refractivity contribution in [1.82, 2.24) is 0 Å². The van der Waals surface area contributed by atoms with Crippen molar-refractivity contribution in [2.45, 2.75) is 6.18 Å². The van der Waals surface area contributed by atoms with E-state index in [4.69, 9.17) is 10.5 Å². The van der Waals surface area contributed by atoms with Crippen LogP contribution >= 0.6 is 0 Å². The molecule has 1 aromatic carbocycles. The Bertz CT molecular complexity index is 653. The minimum atomic E-state index is -4.78. The van der Waals surface area contributed by atoms with Crippen LogP contribution in [0.5, 0.6) is 0 Å². The molecule has 0 bridgehead atoms. The molecule has 1 aromatic rings. The highest BCUT2D eigenvalue weighted by Crippen LogP contribution is 2.34. The van der Waals surface area contributed by atoms with E-state index in [1.807, 2.05) is 0 Å². The number of carbonyl (C=O) groups excluding carboxylic acids is 1. The third-order valence-electron chi connectivity index (χ3n) is 2.24. The van der Waals surface area contributed by atoms with Crippen molar-refractivity contribution >= 4 is 17.4 Å². The minimum absolute atomic E-state index is 0.141. The van der Waals surface area contributed by atoms with E-state index in [9.17, 15) is 18.0 Å². The van der Waals surface area contributed by atoms with Crippen molar-refractivity contribution in [3.63, 3.8) is 0 Å². The summed E-state index contributed by atoms with van der Waals surface area (Å²) in [6, 6.07) is 5.54. The Balaban J connectivity index is 3.24. The summed E-state index contributed by atoms with van der Waals surface area (Å²) in [5.41, 5.74) is -0.432. The first-order valence-corrected chi connectivity index (χ1v) is 5.27. The Morgan fingerprint density at radius 2 is 1.95 bits per heavy atom. The fraction of sp³-hybridized carbons (Fsp3) is 0.167. The molecule has 0 saturated heterocycles. The Morgan fingerprint density at radius 1 is 1.33 bits per heavy atom. The zero-order chi connectivity index (χ0) is 16.0. The van der Waals surface area contributed by atoms with Gasteiger partial charge in [0.2, 0.25) is 5.71 Å². The number of rotatable bonds is 3. The van der Waals surface area contributed by atoms with Crippen LogP contribution in [-0.2, 0) is 10.9 Å².